The number of hydrogen-bond acceptors (Lipinski definition) is 14. The SMILES string of the molecule is CCCCCCCCCC/C=C\CCCCCCCCCCCCCC(=O)OC(COCCCCCCCCCCCCCC)COC1OC(COC2OC(CO)C(O)C(O)C2O)C(O)C(O)C1O. The predicted octanol–water partition coefficient (Wildman–Crippen LogP) is 9.41. The summed E-state index contributed by atoms with van der Waals surface area (Å²) in [6, 6.07) is 0. The van der Waals surface area contributed by atoms with E-state index >= 15 is 0 Å². The Balaban J connectivity index is 1.69. The molecule has 2 heterocycles. The number of carbonyl (C=O) groups excluding carboxylic acids is 1. The van der Waals surface area contributed by atoms with Crippen LogP contribution in [-0.2, 0) is 33.2 Å². The van der Waals surface area contributed by atoms with Crippen LogP contribution in [0.4, 0.5) is 0 Å². The predicted molar refractivity (Wildman–Crippen MR) is 271 cm³/mol. The fourth-order valence-electron chi connectivity index (χ4n) is 9.16. The van der Waals surface area contributed by atoms with Gasteiger partial charge in [-0.05, 0) is 38.5 Å². The van der Waals surface area contributed by atoms with E-state index in [1.165, 1.54) is 167 Å². The van der Waals surface area contributed by atoms with Crippen LogP contribution in [0.25, 0.3) is 0 Å². The van der Waals surface area contributed by atoms with E-state index in [1.54, 1.807) is 0 Å². The van der Waals surface area contributed by atoms with Crippen molar-refractivity contribution < 1.29 is 69.0 Å². The maximum absolute atomic E-state index is 13.0. The van der Waals surface area contributed by atoms with Crippen LogP contribution in [0.2, 0.25) is 0 Å². The Labute approximate surface area is 418 Å². The van der Waals surface area contributed by atoms with E-state index in [2.05, 4.69) is 26.0 Å². The molecule has 2 aliphatic heterocycles. The highest BCUT2D eigenvalue weighted by Gasteiger charge is 2.47. The first-order valence-corrected chi connectivity index (χ1v) is 28.3. The molecule has 0 spiro atoms. The lowest BCUT2D eigenvalue weighted by molar-refractivity contribution is -0.332. The van der Waals surface area contributed by atoms with Gasteiger partial charge in [0.1, 0.15) is 54.9 Å². The first-order chi connectivity index (χ1) is 33.6. The van der Waals surface area contributed by atoms with Gasteiger partial charge in [-0.3, -0.25) is 4.79 Å². The number of aliphatic hydroxyl groups is 7. The maximum Gasteiger partial charge on any atom is 0.306 e. The third kappa shape index (κ3) is 30.5. The Bertz CT molecular complexity index is 1190. The van der Waals surface area contributed by atoms with E-state index in [9.17, 15) is 40.5 Å². The Hall–Kier alpha value is -1.27. The normalized spacial score (nSPS) is 25.7. The zero-order chi connectivity index (χ0) is 50.2. The molecule has 2 saturated heterocycles. The van der Waals surface area contributed by atoms with Gasteiger partial charge in [-0.15, -0.1) is 0 Å². The molecule has 69 heavy (non-hydrogen) atoms. The molecule has 0 radical (unpaired) electrons. The summed E-state index contributed by atoms with van der Waals surface area (Å²) >= 11 is 0. The Morgan fingerprint density at radius 1 is 0.464 bits per heavy atom. The van der Waals surface area contributed by atoms with E-state index in [-0.39, 0.29) is 25.6 Å². The Morgan fingerprint density at radius 3 is 1.32 bits per heavy atom. The number of hydrogen-bond donors (Lipinski definition) is 7. The standard InChI is InChI=1S/C55H104O14/c1-3-5-7-9-11-13-15-17-18-19-20-21-22-23-24-25-26-27-28-30-32-34-36-38-47(57)67-44(41-64-39-37-35-33-31-29-16-14-12-10-8-6-4-2)42-65-54-53(63)51(61)49(59)46(69-54)43-66-55-52(62)50(60)48(58)45(40-56)68-55/h19-20,44-46,48-56,58-63H,3-18,21-43H2,1-2H3/b20-19-. The summed E-state index contributed by atoms with van der Waals surface area (Å²) in [7, 11) is 0. The highest BCUT2D eigenvalue weighted by Crippen LogP contribution is 2.27. The molecule has 0 bridgehead atoms. The fraction of sp³-hybridized carbons (Fsp3) is 0.945. The third-order valence-electron chi connectivity index (χ3n) is 13.8. The van der Waals surface area contributed by atoms with E-state index in [0.717, 1.165) is 38.5 Å². The zero-order valence-electron chi connectivity index (χ0n) is 43.6. The molecule has 14 heteroatoms. The van der Waals surface area contributed by atoms with Crippen molar-refractivity contribution in [2.45, 2.75) is 300 Å². The molecule has 14 nitrogen and oxygen atoms in total. The van der Waals surface area contributed by atoms with Crippen LogP contribution in [0.15, 0.2) is 12.2 Å². The van der Waals surface area contributed by atoms with Gasteiger partial charge in [0, 0.05) is 13.0 Å². The summed E-state index contributed by atoms with van der Waals surface area (Å²) in [6.45, 7) is 3.73. The van der Waals surface area contributed by atoms with Crippen LogP contribution in [0.5, 0.6) is 0 Å². The molecule has 0 aromatic heterocycles. The summed E-state index contributed by atoms with van der Waals surface area (Å²) in [5.41, 5.74) is 0. The van der Waals surface area contributed by atoms with E-state index < -0.39 is 80.7 Å². The molecule has 0 saturated carbocycles. The second-order valence-corrected chi connectivity index (χ2v) is 20.1. The van der Waals surface area contributed by atoms with Crippen molar-refractivity contribution >= 4 is 5.97 Å². The Kier molecular flexibility index (Phi) is 39.9. The summed E-state index contributed by atoms with van der Waals surface area (Å²) in [5.74, 6) is -0.372. The average Bonchev–Trinajstić information content (AvgIpc) is 3.35. The minimum absolute atomic E-state index is 0.0673. The number of unbranched alkanes of at least 4 members (excludes halogenated alkanes) is 30. The van der Waals surface area contributed by atoms with Crippen molar-refractivity contribution in [3.8, 4) is 0 Å². The van der Waals surface area contributed by atoms with Gasteiger partial charge in [-0.25, -0.2) is 0 Å². The summed E-state index contributed by atoms with van der Waals surface area (Å²) in [5, 5.41) is 72.2. The van der Waals surface area contributed by atoms with Gasteiger partial charge in [0.2, 0.25) is 0 Å². The van der Waals surface area contributed by atoms with E-state index in [1.807, 2.05) is 0 Å². The van der Waals surface area contributed by atoms with Crippen LogP contribution in [0, 0.1) is 0 Å². The number of rotatable bonds is 46. The lowest BCUT2D eigenvalue weighted by atomic mass is 9.98. The van der Waals surface area contributed by atoms with Crippen LogP contribution < -0.4 is 0 Å². The van der Waals surface area contributed by atoms with Gasteiger partial charge in [0.25, 0.3) is 0 Å². The monoisotopic (exact) mass is 989 g/mol. The molecule has 0 amide bonds. The van der Waals surface area contributed by atoms with Gasteiger partial charge < -0.3 is 64.2 Å². The number of aliphatic hydroxyl groups excluding tert-OH is 7. The van der Waals surface area contributed by atoms with Gasteiger partial charge >= 0.3 is 5.97 Å². The first-order valence-electron chi connectivity index (χ1n) is 28.3. The third-order valence-corrected chi connectivity index (χ3v) is 13.8. The molecular formula is C55H104O14. The lowest BCUT2D eigenvalue weighted by Crippen LogP contribution is -2.61. The van der Waals surface area contributed by atoms with Crippen LogP contribution in [0.1, 0.15) is 232 Å². The largest absolute Gasteiger partial charge is 0.457 e. The maximum atomic E-state index is 13.0. The van der Waals surface area contributed by atoms with Crippen molar-refractivity contribution in [3.63, 3.8) is 0 Å². The summed E-state index contributed by atoms with van der Waals surface area (Å²) in [6.07, 6.45) is 29.9. The topological polar surface area (TPSA) is 214 Å². The highest BCUT2D eigenvalue weighted by molar-refractivity contribution is 5.69. The smallest absolute Gasteiger partial charge is 0.306 e. The summed E-state index contributed by atoms with van der Waals surface area (Å²) < 4.78 is 34.3. The number of carbonyl (C=O) groups is 1. The molecule has 2 rings (SSSR count). The zero-order valence-corrected chi connectivity index (χ0v) is 43.6. The Morgan fingerprint density at radius 2 is 0.855 bits per heavy atom. The van der Waals surface area contributed by atoms with Crippen molar-refractivity contribution in [3.05, 3.63) is 12.2 Å². The fourth-order valence-corrected chi connectivity index (χ4v) is 9.16. The lowest BCUT2D eigenvalue weighted by Gasteiger charge is -2.42. The molecular weight excluding hydrogens is 885 g/mol. The van der Waals surface area contributed by atoms with Crippen molar-refractivity contribution in [2.24, 2.45) is 0 Å². The first kappa shape index (κ1) is 63.8. The van der Waals surface area contributed by atoms with Crippen molar-refractivity contribution in [1.29, 1.82) is 0 Å². The van der Waals surface area contributed by atoms with Gasteiger partial charge in [-0.1, -0.05) is 199 Å². The number of ether oxygens (including phenoxy) is 6. The molecule has 7 N–H and O–H groups in total. The molecule has 0 aliphatic carbocycles. The van der Waals surface area contributed by atoms with Crippen LogP contribution in [-0.4, -0.2) is 142 Å². The molecule has 11 atom stereocenters. The highest BCUT2D eigenvalue weighted by atomic mass is 16.7. The molecule has 408 valence electrons. The minimum atomic E-state index is -1.70. The second-order valence-electron chi connectivity index (χ2n) is 20.1. The quantitative estimate of drug-likeness (QED) is 0.0172. The van der Waals surface area contributed by atoms with E-state index in [4.69, 9.17) is 28.4 Å². The van der Waals surface area contributed by atoms with Crippen LogP contribution in [0.3, 0.4) is 0 Å². The van der Waals surface area contributed by atoms with Gasteiger partial charge in [0.15, 0.2) is 12.6 Å². The molecule has 0 aromatic carbocycles. The number of esters is 1. The molecule has 2 fully saturated rings. The molecule has 0 aromatic rings. The average molecular weight is 989 g/mol. The van der Waals surface area contributed by atoms with Gasteiger partial charge in [0.05, 0.1) is 26.4 Å². The van der Waals surface area contributed by atoms with Crippen molar-refractivity contribution in [2.75, 3.05) is 33.0 Å². The van der Waals surface area contributed by atoms with Crippen molar-refractivity contribution in [1.82, 2.24) is 0 Å². The number of allylic oxidation sites excluding steroid dienone is 2. The van der Waals surface area contributed by atoms with Gasteiger partial charge in [-0.2, -0.15) is 0 Å². The molecule has 2 aliphatic rings. The summed E-state index contributed by atoms with van der Waals surface area (Å²) in [4.78, 5) is 13.0. The van der Waals surface area contributed by atoms with Crippen LogP contribution >= 0.6 is 0 Å². The second kappa shape index (κ2) is 43.2. The molecule has 11 unspecified atom stereocenters. The van der Waals surface area contributed by atoms with E-state index in [0.29, 0.717) is 13.0 Å². The minimum Gasteiger partial charge on any atom is -0.457 e.